The van der Waals surface area contributed by atoms with Crippen molar-refractivity contribution in [1.29, 1.82) is 0 Å². The Morgan fingerprint density at radius 3 is 3.05 bits per heavy atom. The maximum Gasteiger partial charge on any atom is 0.137 e. The Hall–Kier alpha value is -1.95. The van der Waals surface area contributed by atoms with Gasteiger partial charge >= 0.3 is 0 Å². The molecule has 0 amide bonds. The summed E-state index contributed by atoms with van der Waals surface area (Å²) in [4.78, 5) is 8.36. The van der Waals surface area contributed by atoms with Gasteiger partial charge in [-0.2, -0.15) is 5.10 Å². The molecule has 6 heteroatoms. The molecule has 6 nitrogen and oxygen atoms in total. The number of aromatic amines is 1. The predicted molar refractivity (Wildman–Crippen MR) is 75.3 cm³/mol. The van der Waals surface area contributed by atoms with Gasteiger partial charge in [-0.25, -0.2) is 4.98 Å². The zero-order valence-corrected chi connectivity index (χ0v) is 11.5. The maximum absolute atomic E-state index is 10.2. The lowest BCUT2D eigenvalue weighted by Crippen LogP contribution is -2.21. The summed E-state index contributed by atoms with van der Waals surface area (Å²) in [5.74, 6) is 1.39. The van der Waals surface area contributed by atoms with Crippen LogP contribution in [0, 0.1) is 12.8 Å². The summed E-state index contributed by atoms with van der Waals surface area (Å²) in [6, 6.07) is 3.96. The minimum atomic E-state index is -0.291. The number of H-pyrrole nitrogens is 1. The van der Waals surface area contributed by atoms with E-state index in [1.807, 2.05) is 19.1 Å². The third kappa shape index (κ3) is 2.80. The van der Waals surface area contributed by atoms with Crippen molar-refractivity contribution in [1.82, 2.24) is 20.2 Å². The standard InChI is InChI=1S/C14H19N5O/c1-9-4-12(2-3-15-9)16-7-11-5-10(6-13(11)20)14-17-8-18-19-14/h2-4,8,10-11,13,20H,5-7H2,1H3,(H,15,16)(H,17,18,19)/t10-,11+,13+/m1/s1. The van der Waals surface area contributed by atoms with E-state index >= 15 is 0 Å². The molecule has 1 aliphatic rings. The summed E-state index contributed by atoms with van der Waals surface area (Å²) < 4.78 is 0. The number of anilines is 1. The molecule has 106 valence electrons. The first kappa shape index (κ1) is 13.1. The fraction of sp³-hybridized carbons (Fsp3) is 0.500. The normalized spacial score (nSPS) is 25.8. The summed E-state index contributed by atoms with van der Waals surface area (Å²) in [5.41, 5.74) is 2.04. The third-order valence-electron chi connectivity index (χ3n) is 3.94. The molecule has 20 heavy (non-hydrogen) atoms. The molecular formula is C14H19N5O. The molecule has 3 atom stereocenters. The van der Waals surface area contributed by atoms with Crippen LogP contribution in [0.15, 0.2) is 24.7 Å². The van der Waals surface area contributed by atoms with Crippen LogP contribution in [0.3, 0.4) is 0 Å². The van der Waals surface area contributed by atoms with E-state index in [-0.39, 0.29) is 17.9 Å². The molecule has 1 aliphatic carbocycles. The van der Waals surface area contributed by atoms with Crippen LogP contribution in [-0.4, -0.2) is 37.9 Å². The van der Waals surface area contributed by atoms with Gasteiger partial charge in [-0.1, -0.05) is 0 Å². The molecule has 2 aromatic heterocycles. The van der Waals surface area contributed by atoms with Gasteiger partial charge in [0.2, 0.25) is 0 Å². The second-order valence-electron chi connectivity index (χ2n) is 5.43. The number of hydrogen-bond acceptors (Lipinski definition) is 5. The van der Waals surface area contributed by atoms with Crippen LogP contribution in [0.5, 0.6) is 0 Å². The Morgan fingerprint density at radius 2 is 2.30 bits per heavy atom. The van der Waals surface area contributed by atoms with E-state index in [0.29, 0.717) is 0 Å². The summed E-state index contributed by atoms with van der Waals surface area (Å²) in [7, 11) is 0. The van der Waals surface area contributed by atoms with E-state index in [2.05, 4.69) is 25.5 Å². The van der Waals surface area contributed by atoms with E-state index in [9.17, 15) is 5.11 Å². The highest BCUT2D eigenvalue weighted by atomic mass is 16.3. The molecule has 0 aromatic carbocycles. The topological polar surface area (TPSA) is 86.7 Å². The molecule has 0 spiro atoms. The molecule has 0 radical (unpaired) electrons. The van der Waals surface area contributed by atoms with Crippen molar-refractivity contribution in [3.05, 3.63) is 36.2 Å². The number of nitrogens with one attached hydrogen (secondary N) is 2. The first-order valence-corrected chi connectivity index (χ1v) is 6.92. The van der Waals surface area contributed by atoms with Crippen LogP contribution < -0.4 is 5.32 Å². The highest BCUT2D eigenvalue weighted by Crippen LogP contribution is 2.36. The number of pyridine rings is 1. The van der Waals surface area contributed by atoms with E-state index < -0.39 is 0 Å². The molecular weight excluding hydrogens is 254 g/mol. The minimum Gasteiger partial charge on any atom is -0.393 e. The Balaban J connectivity index is 1.58. The SMILES string of the molecule is Cc1cc(NC[C@@H]2C[C@@H](c3ncn[nH]3)C[C@@H]2O)ccn1. The van der Waals surface area contributed by atoms with Crippen LogP contribution in [0.25, 0.3) is 0 Å². The van der Waals surface area contributed by atoms with Gasteiger partial charge in [-0.15, -0.1) is 0 Å². The number of aromatic nitrogens is 4. The molecule has 1 saturated carbocycles. The van der Waals surface area contributed by atoms with E-state index in [1.54, 1.807) is 6.20 Å². The van der Waals surface area contributed by atoms with Crippen molar-refractivity contribution in [2.24, 2.45) is 5.92 Å². The molecule has 2 heterocycles. The highest BCUT2D eigenvalue weighted by molar-refractivity contribution is 5.43. The number of aryl methyl sites for hydroxylation is 1. The molecule has 1 fully saturated rings. The number of rotatable bonds is 4. The van der Waals surface area contributed by atoms with Crippen molar-refractivity contribution in [3.8, 4) is 0 Å². The number of hydrogen-bond donors (Lipinski definition) is 3. The van der Waals surface area contributed by atoms with E-state index in [0.717, 1.165) is 36.6 Å². The number of aliphatic hydroxyl groups is 1. The fourth-order valence-corrected chi connectivity index (χ4v) is 2.86. The second-order valence-corrected chi connectivity index (χ2v) is 5.43. The van der Waals surface area contributed by atoms with E-state index in [4.69, 9.17) is 0 Å². The number of aliphatic hydroxyl groups excluding tert-OH is 1. The molecule has 0 aliphatic heterocycles. The molecule has 3 N–H and O–H groups in total. The van der Waals surface area contributed by atoms with Gasteiger partial charge in [0.1, 0.15) is 12.2 Å². The fourth-order valence-electron chi connectivity index (χ4n) is 2.86. The van der Waals surface area contributed by atoms with Gasteiger partial charge in [-0.3, -0.25) is 10.1 Å². The van der Waals surface area contributed by atoms with Gasteiger partial charge in [0.05, 0.1) is 6.10 Å². The molecule has 3 rings (SSSR count). The van der Waals surface area contributed by atoms with Crippen LogP contribution in [0.4, 0.5) is 5.69 Å². The summed E-state index contributed by atoms with van der Waals surface area (Å²) in [5, 5.41) is 20.3. The Morgan fingerprint density at radius 1 is 1.40 bits per heavy atom. The lowest BCUT2D eigenvalue weighted by molar-refractivity contribution is 0.138. The third-order valence-corrected chi connectivity index (χ3v) is 3.94. The lowest BCUT2D eigenvalue weighted by atomic mass is 10.0. The lowest BCUT2D eigenvalue weighted by Gasteiger charge is -2.16. The van der Waals surface area contributed by atoms with Crippen LogP contribution in [0.2, 0.25) is 0 Å². The molecule has 2 aromatic rings. The summed E-state index contributed by atoms with van der Waals surface area (Å²) in [6.07, 6.45) is 4.69. The smallest absolute Gasteiger partial charge is 0.137 e. The molecule has 0 saturated heterocycles. The average Bonchev–Trinajstić information content (AvgIpc) is 3.06. The monoisotopic (exact) mass is 273 g/mol. The van der Waals surface area contributed by atoms with E-state index in [1.165, 1.54) is 6.33 Å². The Labute approximate surface area is 117 Å². The zero-order valence-electron chi connectivity index (χ0n) is 11.5. The van der Waals surface area contributed by atoms with Crippen LogP contribution in [-0.2, 0) is 0 Å². The first-order chi connectivity index (χ1) is 9.72. The highest BCUT2D eigenvalue weighted by Gasteiger charge is 2.34. The number of nitrogens with zero attached hydrogens (tertiary/aromatic N) is 3. The largest absolute Gasteiger partial charge is 0.393 e. The van der Waals surface area contributed by atoms with Crippen LogP contribution in [0.1, 0.15) is 30.3 Å². The van der Waals surface area contributed by atoms with Crippen molar-refractivity contribution >= 4 is 5.69 Å². The quantitative estimate of drug-likeness (QED) is 0.785. The van der Waals surface area contributed by atoms with Gasteiger partial charge in [0, 0.05) is 36.0 Å². The Kier molecular flexibility index (Phi) is 3.64. The van der Waals surface area contributed by atoms with Crippen molar-refractivity contribution < 1.29 is 5.11 Å². The van der Waals surface area contributed by atoms with Crippen molar-refractivity contribution in [2.45, 2.75) is 31.8 Å². The average molecular weight is 273 g/mol. The van der Waals surface area contributed by atoms with Gasteiger partial charge in [0.15, 0.2) is 0 Å². The zero-order chi connectivity index (χ0) is 13.9. The minimum absolute atomic E-state index is 0.235. The molecule has 0 unspecified atom stereocenters. The van der Waals surface area contributed by atoms with Crippen LogP contribution >= 0.6 is 0 Å². The predicted octanol–water partition coefficient (Wildman–Crippen LogP) is 1.47. The molecule has 0 bridgehead atoms. The maximum atomic E-state index is 10.2. The van der Waals surface area contributed by atoms with Crippen molar-refractivity contribution in [3.63, 3.8) is 0 Å². The summed E-state index contributed by atoms with van der Waals surface area (Å²) in [6.45, 7) is 2.73. The Bertz CT molecular complexity index is 556. The van der Waals surface area contributed by atoms with Gasteiger partial charge in [-0.05, 0) is 31.9 Å². The second kappa shape index (κ2) is 5.58. The van der Waals surface area contributed by atoms with Gasteiger partial charge in [0.25, 0.3) is 0 Å². The van der Waals surface area contributed by atoms with Gasteiger partial charge < -0.3 is 10.4 Å². The first-order valence-electron chi connectivity index (χ1n) is 6.92. The van der Waals surface area contributed by atoms with Crippen molar-refractivity contribution in [2.75, 3.05) is 11.9 Å². The summed E-state index contributed by atoms with van der Waals surface area (Å²) >= 11 is 0.